The van der Waals surface area contributed by atoms with Crippen molar-refractivity contribution in [3.05, 3.63) is 47.7 Å². The van der Waals surface area contributed by atoms with Crippen LogP contribution < -0.4 is 5.32 Å². The average molecular weight is 411 g/mol. The van der Waals surface area contributed by atoms with E-state index in [2.05, 4.69) is 20.4 Å². The minimum atomic E-state index is -0.280. The topological polar surface area (TPSA) is 86.9 Å². The molecule has 0 radical (unpaired) electrons. The molecule has 1 N–H and O–H groups in total. The van der Waals surface area contributed by atoms with Gasteiger partial charge in [0, 0.05) is 43.9 Å². The van der Waals surface area contributed by atoms with Crippen LogP contribution in [-0.2, 0) is 18.3 Å². The van der Waals surface area contributed by atoms with Crippen molar-refractivity contribution in [2.24, 2.45) is 7.05 Å². The lowest BCUT2D eigenvalue weighted by atomic mass is 10.3. The van der Waals surface area contributed by atoms with Gasteiger partial charge < -0.3 is 9.30 Å². The van der Waals surface area contributed by atoms with E-state index in [9.17, 15) is 4.79 Å². The van der Waals surface area contributed by atoms with E-state index in [1.54, 1.807) is 16.3 Å². The summed E-state index contributed by atoms with van der Waals surface area (Å²) in [4.78, 5) is 21.9. The number of hydrogen-bond donors (Lipinski definition) is 1. The number of nitrogens with zero attached hydrogens (tertiary/aromatic N) is 5. The second kappa shape index (κ2) is 8.54. The van der Waals surface area contributed by atoms with Crippen LogP contribution in [0.1, 0.15) is 23.8 Å². The van der Waals surface area contributed by atoms with Crippen LogP contribution in [0.25, 0.3) is 21.6 Å². The van der Waals surface area contributed by atoms with Crippen LogP contribution in [0.5, 0.6) is 0 Å². The van der Waals surface area contributed by atoms with Gasteiger partial charge in [-0.15, -0.1) is 11.3 Å². The number of imidazole rings is 1. The van der Waals surface area contributed by atoms with Crippen molar-refractivity contribution < 1.29 is 9.53 Å². The predicted molar refractivity (Wildman–Crippen MR) is 113 cm³/mol. The highest BCUT2D eigenvalue weighted by Gasteiger charge is 2.17. The number of aromatic nitrogens is 5. The summed E-state index contributed by atoms with van der Waals surface area (Å²) in [5.41, 5.74) is 3.07. The Kier molecular flexibility index (Phi) is 5.68. The first kappa shape index (κ1) is 19.3. The predicted octanol–water partition coefficient (Wildman–Crippen LogP) is 3.57. The maximum Gasteiger partial charge on any atom is 0.277 e. The van der Waals surface area contributed by atoms with E-state index in [4.69, 9.17) is 4.74 Å². The van der Waals surface area contributed by atoms with Gasteiger partial charge in [0.15, 0.2) is 0 Å². The summed E-state index contributed by atoms with van der Waals surface area (Å²) < 4.78 is 9.17. The SMILES string of the molecule is CCOCCCn1c(NC(=O)c2csc(-c3cnn(C)c3)n2)nc2ccccc21. The van der Waals surface area contributed by atoms with Gasteiger partial charge in [0.05, 0.1) is 17.2 Å². The fraction of sp³-hybridized carbons (Fsp3) is 0.300. The molecular formula is C20H22N6O2S. The number of para-hydroxylation sites is 2. The number of amides is 1. The number of carbonyl (C=O) groups is 1. The Hall–Kier alpha value is -3.04. The van der Waals surface area contributed by atoms with E-state index in [1.165, 1.54) is 11.3 Å². The fourth-order valence-electron chi connectivity index (χ4n) is 3.07. The number of aryl methyl sites for hydroxylation is 2. The molecule has 9 heteroatoms. The molecule has 0 saturated carbocycles. The first-order chi connectivity index (χ1) is 14.2. The molecule has 0 spiro atoms. The molecule has 1 aromatic carbocycles. The Bertz CT molecular complexity index is 1130. The molecule has 8 nitrogen and oxygen atoms in total. The Morgan fingerprint density at radius 1 is 1.28 bits per heavy atom. The highest BCUT2D eigenvalue weighted by atomic mass is 32.1. The standard InChI is InChI=1S/C20H22N6O2S/c1-3-28-10-6-9-26-17-8-5-4-7-15(17)23-20(26)24-18(27)16-13-29-19(22-16)14-11-21-25(2)12-14/h4-5,7-8,11-13H,3,6,9-10H2,1-2H3,(H,23,24,27). The van der Waals surface area contributed by atoms with Crippen LogP contribution >= 0.6 is 11.3 Å². The van der Waals surface area contributed by atoms with E-state index < -0.39 is 0 Å². The number of benzene rings is 1. The number of anilines is 1. The number of fused-ring (bicyclic) bond motifs is 1. The zero-order valence-corrected chi connectivity index (χ0v) is 17.1. The van der Waals surface area contributed by atoms with Gasteiger partial charge in [0.1, 0.15) is 10.7 Å². The molecule has 0 aliphatic carbocycles. The number of carbonyl (C=O) groups excluding carboxylic acids is 1. The number of rotatable bonds is 8. The van der Waals surface area contributed by atoms with Crippen LogP contribution in [-0.4, -0.2) is 43.4 Å². The van der Waals surface area contributed by atoms with Crippen LogP contribution in [0.3, 0.4) is 0 Å². The van der Waals surface area contributed by atoms with Crippen LogP contribution in [0, 0.1) is 0 Å². The van der Waals surface area contributed by atoms with Crippen molar-refractivity contribution in [2.45, 2.75) is 19.9 Å². The summed E-state index contributed by atoms with van der Waals surface area (Å²) in [6, 6.07) is 7.84. The zero-order valence-electron chi connectivity index (χ0n) is 16.3. The molecule has 4 rings (SSSR count). The van der Waals surface area contributed by atoms with E-state index in [-0.39, 0.29) is 5.91 Å². The molecule has 150 valence electrons. The third kappa shape index (κ3) is 4.20. The lowest BCUT2D eigenvalue weighted by Crippen LogP contribution is -2.17. The van der Waals surface area contributed by atoms with Gasteiger partial charge in [0.25, 0.3) is 5.91 Å². The smallest absolute Gasteiger partial charge is 0.277 e. The van der Waals surface area contributed by atoms with Gasteiger partial charge in [0.2, 0.25) is 5.95 Å². The minimum Gasteiger partial charge on any atom is -0.382 e. The second-order valence-corrected chi connectivity index (χ2v) is 7.38. The highest BCUT2D eigenvalue weighted by molar-refractivity contribution is 7.13. The Balaban J connectivity index is 1.55. The molecule has 0 aliphatic rings. The third-order valence-electron chi connectivity index (χ3n) is 4.44. The van der Waals surface area contributed by atoms with Crippen molar-refractivity contribution in [1.29, 1.82) is 0 Å². The first-order valence-corrected chi connectivity index (χ1v) is 10.3. The Morgan fingerprint density at radius 2 is 2.14 bits per heavy atom. The van der Waals surface area contributed by atoms with E-state index >= 15 is 0 Å². The van der Waals surface area contributed by atoms with Gasteiger partial charge in [-0.1, -0.05) is 12.1 Å². The quantitative estimate of drug-likeness (QED) is 0.449. The molecule has 0 atom stereocenters. The van der Waals surface area contributed by atoms with Crippen LogP contribution in [0.15, 0.2) is 42.0 Å². The molecule has 3 aromatic heterocycles. The molecule has 0 saturated heterocycles. The second-order valence-electron chi connectivity index (χ2n) is 6.52. The van der Waals surface area contributed by atoms with Crippen molar-refractivity contribution in [3.63, 3.8) is 0 Å². The van der Waals surface area contributed by atoms with Gasteiger partial charge in [-0.05, 0) is 25.5 Å². The first-order valence-electron chi connectivity index (χ1n) is 9.44. The van der Waals surface area contributed by atoms with Gasteiger partial charge >= 0.3 is 0 Å². The van der Waals surface area contributed by atoms with E-state index in [0.717, 1.165) is 28.0 Å². The van der Waals surface area contributed by atoms with Crippen LogP contribution in [0.2, 0.25) is 0 Å². The van der Waals surface area contributed by atoms with E-state index in [1.807, 2.05) is 49.0 Å². The van der Waals surface area contributed by atoms with Crippen molar-refractivity contribution in [3.8, 4) is 10.6 Å². The normalized spacial score (nSPS) is 11.2. The van der Waals surface area contributed by atoms with Gasteiger partial charge in [-0.2, -0.15) is 5.10 Å². The summed E-state index contributed by atoms with van der Waals surface area (Å²) in [7, 11) is 1.85. The number of ether oxygens (including phenoxy) is 1. The largest absolute Gasteiger partial charge is 0.382 e. The molecule has 3 heterocycles. The molecule has 0 aliphatic heterocycles. The maximum atomic E-state index is 12.8. The molecule has 0 fully saturated rings. The summed E-state index contributed by atoms with van der Waals surface area (Å²) in [6.07, 6.45) is 4.44. The summed E-state index contributed by atoms with van der Waals surface area (Å²) in [6.45, 7) is 4.04. The fourth-order valence-corrected chi connectivity index (χ4v) is 3.85. The Labute approximate surface area is 172 Å². The highest BCUT2D eigenvalue weighted by Crippen LogP contribution is 2.24. The number of thiazole rings is 1. The van der Waals surface area contributed by atoms with Crippen LogP contribution in [0.4, 0.5) is 5.95 Å². The van der Waals surface area contributed by atoms with Crippen molar-refractivity contribution >= 4 is 34.2 Å². The van der Waals surface area contributed by atoms with Gasteiger partial charge in [-0.3, -0.25) is 14.8 Å². The monoisotopic (exact) mass is 410 g/mol. The van der Waals surface area contributed by atoms with Gasteiger partial charge in [-0.25, -0.2) is 9.97 Å². The summed E-state index contributed by atoms with van der Waals surface area (Å²) >= 11 is 1.41. The molecule has 1 amide bonds. The lowest BCUT2D eigenvalue weighted by molar-refractivity contribution is 0.102. The van der Waals surface area contributed by atoms with Crippen molar-refractivity contribution in [1.82, 2.24) is 24.3 Å². The minimum absolute atomic E-state index is 0.280. The maximum absolute atomic E-state index is 12.8. The summed E-state index contributed by atoms with van der Waals surface area (Å²) in [5, 5.41) is 9.58. The molecule has 29 heavy (non-hydrogen) atoms. The average Bonchev–Trinajstić information content (AvgIpc) is 3.44. The van der Waals surface area contributed by atoms with Crippen molar-refractivity contribution in [2.75, 3.05) is 18.5 Å². The molecular weight excluding hydrogens is 388 g/mol. The molecule has 0 bridgehead atoms. The molecule has 0 unspecified atom stereocenters. The number of nitrogens with one attached hydrogen (secondary N) is 1. The zero-order chi connectivity index (χ0) is 20.2. The number of hydrogen-bond acceptors (Lipinski definition) is 6. The lowest BCUT2D eigenvalue weighted by Gasteiger charge is -2.09. The summed E-state index contributed by atoms with van der Waals surface area (Å²) in [5.74, 6) is 0.237. The van der Waals surface area contributed by atoms with E-state index in [0.29, 0.717) is 31.4 Å². The Morgan fingerprint density at radius 3 is 2.93 bits per heavy atom. The third-order valence-corrected chi connectivity index (χ3v) is 5.33. The molecule has 4 aromatic rings.